The highest BCUT2D eigenvalue weighted by Gasteiger charge is 2.29. The summed E-state index contributed by atoms with van der Waals surface area (Å²) in [5.74, 6) is 0.290. The molecule has 0 bridgehead atoms. The lowest BCUT2D eigenvalue weighted by molar-refractivity contribution is -0.119. The summed E-state index contributed by atoms with van der Waals surface area (Å²) >= 11 is 3.38. The van der Waals surface area contributed by atoms with Gasteiger partial charge in [0.2, 0.25) is 0 Å². The van der Waals surface area contributed by atoms with E-state index >= 15 is 0 Å². The molecule has 3 rings (SSSR count). The zero-order chi connectivity index (χ0) is 25.4. The van der Waals surface area contributed by atoms with Gasteiger partial charge in [-0.05, 0) is 56.3 Å². The van der Waals surface area contributed by atoms with Gasteiger partial charge in [-0.15, -0.1) is 0 Å². The number of rotatable bonds is 10. The lowest BCUT2D eigenvalue weighted by Gasteiger charge is -2.25. The predicted molar refractivity (Wildman–Crippen MR) is 140 cm³/mol. The molecular weight excluding hydrogens is 534 g/mol. The predicted octanol–water partition coefficient (Wildman–Crippen LogP) is 4.51. The van der Waals surface area contributed by atoms with Crippen LogP contribution in [0.2, 0.25) is 0 Å². The van der Waals surface area contributed by atoms with E-state index in [2.05, 4.69) is 26.5 Å². The maximum atomic E-state index is 13.6. The van der Waals surface area contributed by atoms with Gasteiger partial charge in [0.1, 0.15) is 18.0 Å². The van der Waals surface area contributed by atoms with Crippen molar-refractivity contribution in [3.63, 3.8) is 0 Å². The molecule has 0 saturated heterocycles. The lowest BCUT2D eigenvalue weighted by Crippen LogP contribution is -2.39. The van der Waals surface area contributed by atoms with Gasteiger partial charge in [0.15, 0.2) is 0 Å². The number of hydrazone groups is 1. The highest BCUT2D eigenvalue weighted by atomic mass is 79.9. The first-order valence-corrected chi connectivity index (χ1v) is 13.0. The molecule has 0 saturated carbocycles. The number of sulfonamides is 1. The fraction of sp³-hybridized carbons (Fsp3) is 0.200. The number of halogens is 1. The van der Waals surface area contributed by atoms with Gasteiger partial charge in [-0.2, -0.15) is 5.10 Å². The molecule has 0 aliphatic carbocycles. The van der Waals surface area contributed by atoms with Gasteiger partial charge in [0.25, 0.3) is 15.9 Å². The molecule has 0 atom stereocenters. The van der Waals surface area contributed by atoms with Crippen molar-refractivity contribution in [2.75, 3.05) is 24.6 Å². The summed E-state index contributed by atoms with van der Waals surface area (Å²) in [7, 11) is -2.56. The molecule has 35 heavy (non-hydrogen) atoms. The second-order valence-corrected chi connectivity index (χ2v) is 10.2. The molecule has 1 N–H and O–H groups in total. The van der Waals surface area contributed by atoms with E-state index < -0.39 is 22.5 Å². The molecule has 0 aliphatic rings. The first-order valence-electron chi connectivity index (χ1n) is 10.7. The van der Waals surface area contributed by atoms with Gasteiger partial charge in [-0.25, -0.2) is 13.8 Å². The van der Waals surface area contributed by atoms with E-state index in [1.807, 2.05) is 13.0 Å². The quantitative estimate of drug-likeness (QED) is 0.291. The van der Waals surface area contributed by atoms with Crippen LogP contribution >= 0.6 is 15.9 Å². The number of hydrogen-bond acceptors (Lipinski definition) is 6. The molecule has 0 aliphatic heterocycles. The van der Waals surface area contributed by atoms with Crippen LogP contribution < -0.4 is 19.2 Å². The monoisotopic (exact) mass is 559 g/mol. The third-order valence-corrected chi connectivity index (χ3v) is 7.18. The number of amides is 1. The van der Waals surface area contributed by atoms with Crippen molar-refractivity contribution in [1.82, 2.24) is 5.43 Å². The first-order chi connectivity index (χ1) is 16.8. The van der Waals surface area contributed by atoms with Crippen LogP contribution in [0.25, 0.3) is 0 Å². The Bertz CT molecular complexity index is 1310. The van der Waals surface area contributed by atoms with Crippen LogP contribution in [0.15, 0.2) is 81.2 Å². The fourth-order valence-corrected chi connectivity index (χ4v) is 5.03. The number of carbonyl (C=O) groups is 1. The van der Waals surface area contributed by atoms with Crippen LogP contribution in [0.3, 0.4) is 0 Å². The number of methoxy groups -OCH3 is 1. The van der Waals surface area contributed by atoms with E-state index in [1.165, 1.54) is 25.5 Å². The van der Waals surface area contributed by atoms with Crippen LogP contribution in [0.1, 0.15) is 18.1 Å². The van der Waals surface area contributed by atoms with E-state index in [0.717, 1.165) is 14.3 Å². The number of aryl methyl sites for hydroxylation is 1. The average Bonchev–Trinajstić information content (AvgIpc) is 2.83. The summed E-state index contributed by atoms with van der Waals surface area (Å²) in [6.45, 7) is 3.49. The van der Waals surface area contributed by atoms with Gasteiger partial charge in [-0.3, -0.25) is 9.10 Å². The van der Waals surface area contributed by atoms with Crippen molar-refractivity contribution in [1.29, 1.82) is 0 Å². The third-order valence-electron chi connectivity index (χ3n) is 4.91. The van der Waals surface area contributed by atoms with E-state index in [4.69, 9.17) is 9.47 Å². The van der Waals surface area contributed by atoms with Crippen molar-refractivity contribution in [2.45, 2.75) is 18.7 Å². The second-order valence-electron chi connectivity index (χ2n) is 7.40. The molecule has 0 radical (unpaired) electrons. The standard InChI is InChI=1S/C25H26BrN3O5S/c1-4-34-24-8-6-5-7-22(24)29(35(31,32)21-12-9-18(2)10-13-21)17-25(30)28-27-16-19-15-20(26)11-14-23(19)33-3/h5-16H,4,17H2,1-3H3,(H,28,30)/b27-16-. The summed E-state index contributed by atoms with van der Waals surface area (Å²) < 4.78 is 39.9. The molecule has 0 unspecified atom stereocenters. The molecule has 0 fully saturated rings. The van der Waals surface area contributed by atoms with Gasteiger partial charge in [-0.1, -0.05) is 45.8 Å². The maximum absolute atomic E-state index is 13.6. The van der Waals surface area contributed by atoms with Crippen molar-refractivity contribution in [3.8, 4) is 11.5 Å². The maximum Gasteiger partial charge on any atom is 0.264 e. The number of nitrogens with one attached hydrogen (secondary N) is 1. The molecule has 0 spiro atoms. The Hall–Kier alpha value is -3.37. The smallest absolute Gasteiger partial charge is 0.264 e. The summed E-state index contributed by atoms with van der Waals surface area (Å²) in [5, 5.41) is 3.99. The summed E-state index contributed by atoms with van der Waals surface area (Å²) in [5.41, 5.74) is 4.20. The van der Waals surface area contributed by atoms with Crippen molar-refractivity contribution >= 4 is 43.8 Å². The molecule has 0 aromatic heterocycles. The number of benzene rings is 3. The number of para-hydroxylation sites is 2. The molecule has 3 aromatic rings. The molecule has 3 aromatic carbocycles. The van der Waals surface area contributed by atoms with E-state index in [0.29, 0.717) is 23.7 Å². The summed E-state index contributed by atoms with van der Waals surface area (Å²) in [4.78, 5) is 12.9. The van der Waals surface area contributed by atoms with E-state index in [-0.39, 0.29) is 10.6 Å². The number of nitrogens with zero attached hydrogens (tertiary/aromatic N) is 2. The summed E-state index contributed by atoms with van der Waals surface area (Å²) in [6.07, 6.45) is 1.43. The zero-order valence-corrected chi connectivity index (χ0v) is 22.0. The average molecular weight is 560 g/mol. The normalized spacial score (nSPS) is 11.3. The Morgan fingerprint density at radius 1 is 1.09 bits per heavy atom. The first kappa shape index (κ1) is 26.2. The third kappa shape index (κ3) is 6.61. The molecule has 184 valence electrons. The number of anilines is 1. The van der Waals surface area contributed by atoms with Crippen LogP contribution in [0.4, 0.5) is 5.69 Å². The number of carbonyl (C=O) groups excluding carboxylic acids is 1. The molecule has 8 nitrogen and oxygen atoms in total. The van der Waals surface area contributed by atoms with Crippen LogP contribution in [0, 0.1) is 6.92 Å². The largest absolute Gasteiger partial charge is 0.496 e. The van der Waals surface area contributed by atoms with E-state index in [1.54, 1.807) is 55.5 Å². The van der Waals surface area contributed by atoms with Crippen molar-refractivity contribution in [2.24, 2.45) is 5.10 Å². The highest BCUT2D eigenvalue weighted by Crippen LogP contribution is 2.32. The van der Waals surface area contributed by atoms with Gasteiger partial charge < -0.3 is 9.47 Å². The Balaban J connectivity index is 1.91. The Labute approximate surface area is 213 Å². The minimum Gasteiger partial charge on any atom is -0.496 e. The minimum absolute atomic E-state index is 0.0598. The fourth-order valence-electron chi connectivity index (χ4n) is 3.22. The topological polar surface area (TPSA) is 97.3 Å². The SMILES string of the molecule is CCOc1ccccc1N(CC(=O)N/N=C\c1cc(Br)ccc1OC)S(=O)(=O)c1ccc(C)cc1. The zero-order valence-electron chi connectivity index (χ0n) is 19.6. The number of hydrogen-bond donors (Lipinski definition) is 1. The van der Waals surface area contributed by atoms with E-state index in [9.17, 15) is 13.2 Å². The molecule has 0 heterocycles. The molecule has 1 amide bonds. The van der Waals surface area contributed by atoms with Crippen molar-refractivity contribution < 1.29 is 22.7 Å². The van der Waals surface area contributed by atoms with Crippen LogP contribution in [0.5, 0.6) is 11.5 Å². The van der Waals surface area contributed by atoms with Gasteiger partial charge in [0.05, 0.1) is 30.5 Å². The summed E-state index contributed by atoms with van der Waals surface area (Å²) in [6, 6.07) is 18.5. The Morgan fingerprint density at radius 2 is 1.80 bits per heavy atom. The molecule has 10 heteroatoms. The number of ether oxygens (including phenoxy) is 2. The minimum atomic E-state index is -4.09. The van der Waals surface area contributed by atoms with Crippen LogP contribution in [-0.4, -0.2) is 40.8 Å². The highest BCUT2D eigenvalue weighted by molar-refractivity contribution is 9.10. The van der Waals surface area contributed by atoms with Gasteiger partial charge in [0, 0.05) is 10.0 Å². The molecular formula is C25H26BrN3O5S. The van der Waals surface area contributed by atoms with Crippen molar-refractivity contribution in [3.05, 3.63) is 82.3 Å². The van der Waals surface area contributed by atoms with Crippen LogP contribution in [-0.2, 0) is 14.8 Å². The Morgan fingerprint density at radius 3 is 2.49 bits per heavy atom. The Kier molecular flexibility index (Phi) is 8.89. The second kappa shape index (κ2) is 11.9. The lowest BCUT2D eigenvalue weighted by atomic mass is 10.2. The van der Waals surface area contributed by atoms with Gasteiger partial charge >= 0.3 is 0 Å².